The van der Waals surface area contributed by atoms with Crippen molar-refractivity contribution in [3.63, 3.8) is 0 Å². The fourth-order valence-electron chi connectivity index (χ4n) is 4.29. The normalized spacial score (nSPS) is 18.6. The lowest BCUT2D eigenvalue weighted by Crippen LogP contribution is -2.62. The van der Waals surface area contributed by atoms with Gasteiger partial charge in [0.2, 0.25) is 0 Å². The number of likely N-dealkylation sites (tertiary alicyclic amines) is 1. The summed E-state index contributed by atoms with van der Waals surface area (Å²) < 4.78 is 5.34. The quantitative estimate of drug-likeness (QED) is 0.578. The Balaban J connectivity index is 1.60. The zero-order valence-electron chi connectivity index (χ0n) is 16.5. The van der Waals surface area contributed by atoms with E-state index in [4.69, 9.17) is 4.74 Å². The highest BCUT2D eigenvalue weighted by molar-refractivity contribution is 6.23. The molecule has 0 saturated carbocycles. The predicted molar refractivity (Wildman–Crippen MR) is 107 cm³/mol. The number of ether oxygens (including phenoxy) is 1. The molecule has 2 heterocycles. The molecule has 2 aromatic carbocycles. The van der Waals surface area contributed by atoms with Crippen LogP contribution in [0.3, 0.4) is 0 Å². The molecular formula is C23H24N2O4. The van der Waals surface area contributed by atoms with E-state index in [1.165, 1.54) is 5.56 Å². The molecule has 0 aliphatic carbocycles. The van der Waals surface area contributed by atoms with Crippen molar-refractivity contribution in [2.75, 3.05) is 19.7 Å². The lowest BCUT2D eigenvalue weighted by atomic mass is 9.85. The van der Waals surface area contributed by atoms with E-state index in [0.29, 0.717) is 37.1 Å². The highest BCUT2D eigenvalue weighted by Crippen LogP contribution is 2.37. The predicted octanol–water partition coefficient (Wildman–Crippen LogP) is 2.88. The maximum absolute atomic E-state index is 13.1. The third-order valence-electron chi connectivity index (χ3n) is 5.81. The Hall–Kier alpha value is -2.99. The molecule has 0 aromatic heterocycles. The van der Waals surface area contributed by atoms with Crippen LogP contribution < -0.4 is 0 Å². The van der Waals surface area contributed by atoms with Crippen molar-refractivity contribution in [2.24, 2.45) is 0 Å². The van der Waals surface area contributed by atoms with Crippen molar-refractivity contribution in [1.29, 1.82) is 0 Å². The van der Waals surface area contributed by atoms with Gasteiger partial charge in [0.15, 0.2) is 5.54 Å². The fourth-order valence-corrected chi connectivity index (χ4v) is 4.29. The van der Waals surface area contributed by atoms with E-state index in [9.17, 15) is 14.4 Å². The van der Waals surface area contributed by atoms with Gasteiger partial charge in [0.1, 0.15) is 0 Å². The van der Waals surface area contributed by atoms with Gasteiger partial charge in [-0.15, -0.1) is 0 Å². The number of esters is 1. The van der Waals surface area contributed by atoms with Crippen LogP contribution >= 0.6 is 0 Å². The van der Waals surface area contributed by atoms with E-state index >= 15 is 0 Å². The highest BCUT2D eigenvalue weighted by Gasteiger charge is 2.55. The molecule has 150 valence electrons. The lowest BCUT2D eigenvalue weighted by molar-refractivity contribution is -0.158. The molecule has 4 rings (SSSR count). The number of imide groups is 1. The Morgan fingerprint density at radius 2 is 1.48 bits per heavy atom. The molecular weight excluding hydrogens is 368 g/mol. The third kappa shape index (κ3) is 3.34. The van der Waals surface area contributed by atoms with Gasteiger partial charge in [-0.05, 0) is 37.5 Å². The fraction of sp³-hybridized carbons (Fsp3) is 0.348. The van der Waals surface area contributed by atoms with Gasteiger partial charge in [-0.1, -0.05) is 42.5 Å². The van der Waals surface area contributed by atoms with Gasteiger partial charge in [-0.25, -0.2) is 4.79 Å². The molecule has 2 amide bonds. The van der Waals surface area contributed by atoms with Crippen molar-refractivity contribution in [3.8, 4) is 0 Å². The smallest absolute Gasteiger partial charge is 0.332 e. The highest BCUT2D eigenvalue weighted by atomic mass is 16.5. The average molecular weight is 392 g/mol. The van der Waals surface area contributed by atoms with Gasteiger partial charge in [0, 0.05) is 19.6 Å². The minimum absolute atomic E-state index is 0.206. The molecule has 29 heavy (non-hydrogen) atoms. The Labute approximate surface area is 170 Å². The number of carbonyl (C=O) groups excluding carboxylic acids is 3. The molecule has 6 nitrogen and oxygen atoms in total. The maximum atomic E-state index is 13.1. The molecule has 0 unspecified atom stereocenters. The van der Waals surface area contributed by atoms with Crippen LogP contribution in [-0.4, -0.2) is 52.8 Å². The van der Waals surface area contributed by atoms with Crippen LogP contribution in [0.4, 0.5) is 0 Å². The van der Waals surface area contributed by atoms with E-state index in [2.05, 4.69) is 17.0 Å². The Morgan fingerprint density at radius 1 is 0.931 bits per heavy atom. The van der Waals surface area contributed by atoms with Crippen LogP contribution in [-0.2, 0) is 16.1 Å². The molecule has 2 aliphatic rings. The lowest BCUT2D eigenvalue weighted by Gasteiger charge is -2.44. The summed E-state index contributed by atoms with van der Waals surface area (Å²) in [6.07, 6.45) is 0.730. The minimum atomic E-state index is -1.25. The Bertz CT molecular complexity index is 898. The number of hydrogen-bond donors (Lipinski definition) is 0. The summed E-state index contributed by atoms with van der Waals surface area (Å²) in [5, 5.41) is 0. The number of carbonyl (C=O) groups is 3. The number of benzene rings is 2. The molecule has 0 atom stereocenters. The first-order valence-electron chi connectivity index (χ1n) is 9.98. The summed E-state index contributed by atoms with van der Waals surface area (Å²) in [5.74, 6) is -1.31. The summed E-state index contributed by atoms with van der Waals surface area (Å²) in [4.78, 5) is 42.6. The summed E-state index contributed by atoms with van der Waals surface area (Å²) in [6.45, 7) is 3.90. The third-order valence-corrected chi connectivity index (χ3v) is 5.81. The molecule has 0 N–H and O–H groups in total. The van der Waals surface area contributed by atoms with Crippen LogP contribution in [0.15, 0.2) is 54.6 Å². The SMILES string of the molecule is CCOC(=O)C1(N2C(=O)c3ccccc3C2=O)CCN(Cc2ccccc2)CC1. The first-order chi connectivity index (χ1) is 14.1. The largest absolute Gasteiger partial charge is 0.464 e. The van der Waals surface area contributed by atoms with Crippen molar-refractivity contribution >= 4 is 17.8 Å². The number of fused-ring (bicyclic) bond motifs is 1. The number of hydrogen-bond acceptors (Lipinski definition) is 5. The first-order valence-corrected chi connectivity index (χ1v) is 9.98. The second kappa shape index (κ2) is 7.79. The van der Waals surface area contributed by atoms with Crippen LogP contribution in [0.1, 0.15) is 46.0 Å². The standard InChI is InChI=1S/C23H24N2O4/c1-2-29-22(28)23(25-20(26)18-10-6-7-11-19(18)21(25)27)12-14-24(15-13-23)16-17-8-4-3-5-9-17/h3-11H,2,12-16H2,1H3. The van der Waals surface area contributed by atoms with Gasteiger partial charge < -0.3 is 4.74 Å². The average Bonchev–Trinajstić information content (AvgIpc) is 3.01. The van der Waals surface area contributed by atoms with E-state index in [1.54, 1.807) is 31.2 Å². The molecule has 6 heteroatoms. The molecule has 2 aromatic rings. The number of piperidine rings is 1. The molecule has 0 spiro atoms. The van der Waals surface area contributed by atoms with Crippen molar-refractivity contribution in [2.45, 2.75) is 31.8 Å². The molecule has 1 fully saturated rings. The molecule has 0 bridgehead atoms. The van der Waals surface area contributed by atoms with E-state index in [0.717, 1.165) is 11.4 Å². The van der Waals surface area contributed by atoms with Crippen LogP contribution in [0.5, 0.6) is 0 Å². The van der Waals surface area contributed by atoms with Crippen LogP contribution in [0.25, 0.3) is 0 Å². The zero-order valence-corrected chi connectivity index (χ0v) is 16.5. The Morgan fingerprint density at radius 3 is 2.03 bits per heavy atom. The molecule has 0 radical (unpaired) electrons. The van der Waals surface area contributed by atoms with Gasteiger partial charge >= 0.3 is 5.97 Å². The van der Waals surface area contributed by atoms with Gasteiger partial charge in [-0.3, -0.25) is 19.4 Å². The summed E-state index contributed by atoms with van der Waals surface area (Å²) in [7, 11) is 0. The number of nitrogens with zero attached hydrogens (tertiary/aromatic N) is 2. The van der Waals surface area contributed by atoms with Gasteiger partial charge in [0.05, 0.1) is 17.7 Å². The zero-order chi connectivity index (χ0) is 20.4. The monoisotopic (exact) mass is 392 g/mol. The number of amides is 2. The van der Waals surface area contributed by atoms with E-state index < -0.39 is 23.3 Å². The minimum Gasteiger partial charge on any atom is -0.464 e. The molecule has 2 aliphatic heterocycles. The van der Waals surface area contributed by atoms with Crippen LogP contribution in [0.2, 0.25) is 0 Å². The summed E-state index contributed by atoms with van der Waals surface area (Å²) in [5.41, 5.74) is 0.647. The van der Waals surface area contributed by atoms with E-state index in [1.807, 2.05) is 18.2 Å². The van der Waals surface area contributed by atoms with Crippen molar-refractivity contribution < 1.29 is 19.1 Å². The second-order valence-electron chi connectivity index (χ2n) is 7.51. The van der Waals surface area contributed by atoms with Crippen LogP contribution in [0, 0.1) is 0 Å². The number of rotatable bonds is 5. The second-order valence-corrected chi connectivity index (χ2v) is 7.51. The summed E-state index contributed by atoms with van der Waals surface area (Å²) in [6, 6.07) is 16.8. The van der Waals surface area contributed by atoms with E-state index in [-0.39, 0.29) is 6.61 Å². The molecule has 1 saturated heterocycles. The van der Waals surface area contributed by atoms with Gasteiger partial charge in [-0.2, -0.15) is 0 Å². The topological polar surface area (TPSA) is 66.9 Å². The van der Waals surface area contributed by atoms with Crippen molar-refractivity contribution in [1.82, 2.24) is 9.80 Å². The maximum Gasteiger partial charge on any atom is 0.332 e. The van der Waals surface area contributed by atoms with Crippen molar-refractivity contribution in [3.05, 3.63) is 71.3 Å². The first kappa shape index (κ1) is 19.3. The summed E-state index contributed by atoms with van der Waals surface area (Å²) >= 11 is 0. The van der Waals surface area contributed by atoms with Gasteiger partial charge in [0.25, 0.3) is 11.8 Å². The Kier molecular flexibility index (Phi) is 5.20.